The molecule has 11 nitrogen and oxygen atoms in total. The van der Waals surface area contributed by atoms with Gasteiger partial charge in [-0.25, -0.2) is 0 Å². The van der Waals surface area contributed by atoms with Gasteiger partial charge in [0, 0.05) is 43.5 Å². The number of hydrogen-bond donors (Lipinski definition) is 7. The van der Waals surface area contributed by atoms with Crippen LogP contribution in [-0.2, 0) is 20.0 Å². The van der Waals surface area contributed by atoms with Crippen molar-refractivity contribution in [2.45, 2.75) is 31.0 Å². The summed E-state index contributed by atoms with van der Waals surface area (Å²) in [7, 11) is 3.20. The first-order valence-electron chi connectivity index (χ1n) is 10.3. The molecule has 3 aliphatic carbocycles. The van der Waals surface area contributed by atoms with Crippen LogP contribution in [0.1, 0.15) is 30.9 Å². The summed E-state index contributed by atoms with van der Waals surface area (Å²) in [5.74, 6) is -8.49. The van der Waals surface area contributed by atoms with Crippen LogP contribution in [0.15, 0.2) is 16.9 Å². The summed E-state index contributed by atoms with van der Waals surface area (Å²) in [4.78, 5) is 39.3. The van der Waals surface area contributed by atoms with E-state index in [1.165, 1.54) is 11.8 Å². The molecule has 4 atom stereocenters. The van der Waals surface area contributed by atoms with E-state index in [0.29, 0.717) is 0 Å². The first kappa shape index (κ1) is 23.9. The van der Waals surface area contributed by atoms with Crippen molar-refractivity contribution in [1.82, 2.24) is 0 Å². The number of carbonyl (C=O) groups excluding carboxylic acids is 3. The van der Waals surface area contributed by atoms with Crippen LogP contribution in [0.25, 0.3) is 5.76 Å². The number of primary amides is 1. The number of rotatable bonds is 2. The van der Waals surface area contributed by atoms with Crippen molar-refractivity contribution in [2.24, 2.45) is 17.6 Å². The van der Waals surface area contributed by atoms with Gasteiger partial charge in [-0.3, -0.25) is 14.4 Å². The molecule has 9 N–H and O–H groups in total. The number of benzene rings is 1. The minimum atomic E-state index is -2.75. The van der Waals surface area contributed by atoms with Crippen LogP contribution >= 0.6 is 11.6 Å². The molecule has 1 fully saturated rings. The molecule has 3 aliphatic rings. The number of amides is 1. The Morgan fingerprint density at radius 1 is 1.18 bits per heavy atom. The molecule has 0 bridgehead atoms. The highest BCUT2D eigenvalue weighted by Crippen LogP contribution is 2.60. The molecule has 0 spiro atoms. The van der Waals surface area contributed by atoms with E-state index in [1.807, 2.05) is 0 Å². The van der Waals surface area contributed by atoms with Crippen molar-refractivity contribution >= 4 is 46.2 Å². The molecule has 0 unspecified atom stereocenters. The SMILES string of the molecule is CN(C)c1c(Cl)c(N)c(O)c2c1[C@@](C)(O)[C@H]1C[C@H]3CC(=O)C(C(N)=O)=C(O)[C@@]3(O)C(=O)C1=C2O. The van der Waals surface area contributed by atoms with Gasteiger partial charge in [0.2, 0.25) is 5.78 Å². The number of ketones is 2. The zero-order chi connectivity index (χ0) is 25.7. The monoisotopic (exact) mass is 493 g/mol. The third kappa shape index (κ3) is 2.68. The number of aromatic hydroxyl groups is 1. The summed E-state index contributed by atoms with van der Waals surface area (Å²) in [6.45, 7) is 1.34. The van der Waals surface area contributed by atoms with E-state index in [9.17, 15) is 39.9 Å². The van der Waals surface area contributed by atoms with Crippen LogP contribution in [0.2, 0.25) is 5.02 Å². The molecule has 1 aromatic rings. The van der Waals surface area contributed by atoms with Crippen molar-refractivity contribution < 1.29 is 39.9 Å². The van der Waals surface area contributed by atoms with Gasteiger partial charge in [0.05, 0.1) is 27.6 Å². The Morgan fingerprint density at radius 2 is 1.76 bits per heavy atom. The second-order valence-electron chi connectivity index (χ2n) is 9.27. The average molecular weight is 494 g/mol. The summed E-state index contributed by atoms with van der Waals surface area (Å²) >= 11 is 6.36. The van der Waals surface area contributed by atoms with E-state index in [0.717, 1.165) is 0 Å². The maximum Gasteiger partial charge on any atom is 0.255 e. The van der Waals surface area contributed by atoms with Gasteiger partial charge >= 0.3 is 0 Å². The maximum absolute atomic E-state index is 13.6. The lowest BCUT2D eigenvalue weighted by Gasteiger charge is -2.50. The van der Waals surface area contributed by atoms with Gasteiger partial charge in [-0.15, -0.1) is 0 Å². The third-order valence-corrected chi connectivity index (χ3v) is 7.53. The molecular formula is C22H24ClN3O8. The van der Waals surface area contributed by atoms with Gasteiger partial charge in [0.25, 0.3) is 5.91 Å². The summed E-state index contributed by atoms with van der Waals surface area (Å²) < 4.78 is 0. The number of nitrogens with zero attached hydrogens (tertiary/aromatic N) is 1. The molecule has 1 saturated carbocycles. The zero-order valence-corrected chi connectivity index (χ0v) is 19.3. The first-order chi connectivity index (χ1) is 15.6. The fourth-order valence-electron chi connectivity index (χ4n) is 5.50. The molecule has 0 radical (unpaired) electrons. The van der Waals surface area contributed by atoms with Crippen molar-refractivity contribution in [3.8, 4) is 5.75 Å². The predicted molar refractivity (Wildman–Crippen MR) is 121 cm³/mol. The summed E-state index contributed by atoms with van der Waals surface area (Å²) in [6.07, 6.45) is -0.752. The number of nitrogens with two attached hydrogens (primary N) is 2. The van der Waals surface area contributed by atoms with Crippen LogP contribution in [0.3, 0.4) is 0 Å². The Kier molecular flexibility index (Phi) is 4.99. The highest BCUT2D eigenvalue weighted by Gasteiger charge is 2.64. The Balaban J connectivity index is 2.09. The topological polar surface area (TPSA) is 208 Å². The molecule has 34 heavy (non-hydrogen) atoms. The number of fused-ring (bicyclic) bond motifs is 3. The van der Waals surface area contributed by atoms with Gasteiger partial charge in [0.1, 0.15) is 17.1 Å². The minimum Gasteiger partial charge on any atom is -0.508 e. The Labute approximate surface area is 198 Å². The molecule has 12 heteroatoms. The van der Waals surface area contributed by atoms with Gasteiger partial charge in [-0.1, -0.05) is 11.6 Å². The maximum atomic E-state index is 13.6. The number of carbonyl (C=O) groups is 3. The lowest BCUT2D eigenvalue weighted by atomic mass is 9.55. The lowest BCUT2D eigenvalue weighted by Crippen LogP contribution is -2.60. The second-order valence-corrected chi connectivity index (χ2v) is 9.65. The fraction of sp³-hybridized carbons (Fsp3) is 0.409. The van der Waals surface area contributed by atoms with Crippen LogP contribution in [-0.4, -0.2) is 62.7 Å². The molecule has 0 saturated heterocycles. The Morgan fingerprint density at radius 3 is 2.29 bits per heavy atom. The van der Waals surface area contributed by atoms with E-state index in [-0.39, 0.29) is 33.9 Å². The number of aliphatic hydroxyl groups is 4. The van der Waals surface area contributed by atoms with Crippen molar-refractivity contribution in [3.63, 3.8) is 0 Å². The second kappa shape index (κ2) is 7.11. The molecule has 0 heterocycles. The van der Waals surface area contributed by atoms with Gasteiger partial charge in [0.15, 0.2) is 17.1 Å². The van der Waals surface area contributed by atoms with Crippen LogP contribution in [0, 0.1) is 11.8 Å². The number of phenolic OH excluding ortho intramolecular Hbond substituents is 1. The first-order valence-corrected chi connectivity index (χ1v) is 10.7. The fourth-order valence-corrected chi connectivity index (χ4v) is 5.86. The van der Waals surface area contributed by atoms with E-state index >= 15 is 0 Å². The number of phenols is 1. The van der Waals surface area contributed by atoms with Crippen LogP contribution < -0.4 is 16.4 Å². The van der Waals surface area contributed by atoms with Crippen LogP contribution in [0.4, 0.5) is 11.4 Å². The van der Waals surface area contributed by atoms with E-state index in [1.54, 1.807) is 14.1 Å². The average Bonchev–Trinajstić information content (AvgIpc) is 2.72. The van der Waals surface area contributed by atoms with Crippen molar-refractivity contribution in [2.75, 3.05) is 24.7 Å². The number of Topliss-reactive ketones (excluding diaryl/α,β-unsaturated/α-hetero) is 2. The van der Waals surface area contributed by atoms with Gasteiger partial charge in [-0.05, 0) is 13.3 Å². The molecular weight excluding hydrogens is 470 g/mol. The van der Waals surface area contributed by atoms with Crippen molar-refractivity contribution in [1.29, 1.82) is 0 Å². The molecule has 0 aliphatic heterocycles. The lowest BCUT2D eigenvalue weighted by molar-refractivity contribution is -0.152. The van der Waals surface area contributed by atoms with Gasteiger partial charge < -0.3 is 41.9 Å². The largest absolute Gasteiger partial charge is 0.508 e. The number of nitrogen functional groups attached to an aromatic ring is 1. The normalized spacial score (nSPS) is 30.6. The zero-order valence-electron chi connectivity index (χ0n) is 18.5. The summed E-state index contributed by atoms with van der Waals surface area (Å²) in [5, 5.41) is 55.5. The Hall–Kier alpha value is -3.28. The minimum absolute atomic E-state index is 0.00147. The van der Waals surface area contributed by atoms with E-state index < -0.39 is 75.3 Å². The standard InChI is InChI=1S/C22H24ClN3O8/c1-21(33)7-4-6-5-8(27)10(20(25)32)19(31)22(6,34)18(30)9(7)16(28)11-12(21)15(26(2)3)13(23)14(24)17(11)29/h6-7,28-29,31,33-34H,4-5,24H2,1-3H3,(H2,25,32)/t6-,7-,21-,22-/m0/s1. The molecule has 4 rings (SSSR count). The number of anilines is 2. The third-order valence-electron chi connectivity index (χ3n) is 7.15. The summed E-state index contributed by atoms with van der Waals surface area (Å²) in [5.41, 5.74) is 4.52. The summed E-state index contributed by atoms with van der Waals surface area (Å²) in [6, 6.07) is 0. The van der Waals surface area contributed by atoms with E-state index in [2.05, 4.69) is 0 Å². The number of aliphatic hydroxyl groups excluding tert-OH is 2. The highest BCUT2D eigenvalue weighted by molar-refractivity contribution is 6.36. The van der Waals surface area contributed by atoms with Crippen molar-refractivity contribution in [3.05, 3.63) is 33.1 Å². The predicted octanol–water partition coefficient (Wildman–Crippen LogP) is 0.390. The quantitative estimate of drug-likeness (QED) is 0.171. The number of hydrogen-bond acceptors (Lipinski definition) is 10. The smallest absolute Gasteiger partial charge is 0.255 e. The Bertz CT molecular complexity index is 1270. The van der Waals surface area contributed by atoms with E-state index in [4.69, 9.17) is 23.1 Å². The molecule has 1 amide bonds. The number of halogens is 1. The molecule has 0 aromatic heterocycles. The van der Waals surface area contributed by atoms with Crippen LogP contribution in [0.5, 0.6) is 5.75 Å². The van der Waals surface area contributed by atoms with Gasteiger partial charge in [-0.2, -0.15) is 0 Å². The molecule has 182 valence electrons. The highest BCUT2D eigenvalue weighted by atomic mass is 35.5. The molecule has 1 aromatic carbocycles.